The number of aryl methyl sites for hydroxylation is 1. The van der Waals surface area contributed by atoms with Gasteiger partial charge in [0.05, 0.1) is 0 Å². The van der Waals surface area contributed by atoms with Crippen LogP contribution in [0.4, 0.5) is 0 Å². The standard InChI is InChI=1S/C27H33N3O3/c1-4-20(3)25(31)30-18-23-8-6-5-7-22(23)17-24(30)27(33)29-15-13-28(14-16-29)26(32)21-11-9-19(2)10-12-21/h5-12,20,24H,4,13-18H2,1-3H3. The van der Waals surface area contributed by atoms with Gasteiger partial charge in [0.15, 0.2) is 0 Å². The first kappa shape index (κ1) is 23.0. The SMILES string of the molecule is CCC(C)C(=O)N1Cc2ccccc2CC1C(=O)N1CCN(C(=O)c2ccc(C)cc2)CC1. The third-order valence-electron chi connectivity index (χ3n) is 7.03. The van der Waals surface area contributed by atoms with Crippen LogP contribution in [-0.2, 0) is 22.6 Å². The average Bonchev–Trinajstić information content (AvgIpc) is 2.86. The second-order valence-corrected chi connectivity index (χ2v) is 9.25. The van der Waals surface area contributed by atoms with E-state index in [9.17, 15) is 14.4 Å². The number of fused-ring (bicyclic) bond motifs is 1. The Morgan fingerprint density at radius 1 is 0.909 bits per heavy atom. The Labute approximate surface area is 196 Å². The molecule has 2 aromatic rings. The van der Waals surface area contributed by atoms with E-state index >= 15 is 0 Å². The lowest BCUT2D eigenvalue weighted by Gasteiger charge is -2.42. The van der Waals surface area contributed by atoms with Crippen molar-refractivity contribution >= 4 is 17.7 Å². The maximum Gasteiger partial charge on any atom is 0.253 e. The molecule has 3 amide bonds. The van der Waals surface area contributed by atoms with E-state index in [1.807, 2.05) is 73.0 Å². The average molecular weight is 448 g/mol. The number of carbonyl (C=O) groups excluding carboxylic acids is 3. The van der Waals surface area contributed by atoms with E-state index in [1.54, 1.807) is 4.90 Å². The van der Waals surface area contributed by atoms with Crippen LogP contribution in [0, 0.1) is 12.8 Å². The number of amides is 3. The minimum Gasteiger partial charge on any atom is -0.337 e. The topological polar surface area (TPSA) is 60.9 Å². The van der Waals surface area contributed by atoms with Gasteiger partial charge < -0.3 is 14.7 Å². The van der Waals surface area contributed by atoms with Gasteiger partial charge in [-0.05, 0) is 36.6 Å². The Kier molecular flexibility index (Phi) is 6.82. The van der Waals surface area contributed by atoms with Gasteiger partial charge in [-0.3, -0.25) is 14.4 Å². The summed E-state index contributed by atoms with van der Waals surface area (Å²) in [4.78, 5) is 45.0. The predicted octanol–water partition coefficient (Wildman–Crippen LogP) is 3.28. The smallest absolute Gasteiger partial charge is 0.253 e. The van der Waals surface area contributed by atoms with Crippen LogP contribution in [0.5, 0.6) is 0 Å². The maximum absolute atomic E-state index is 13.6. The van der Waals surface area contributed by atoms with Crippen molar-refractivity contribution in [1.29, 1.82) is 0 Å². The summed E-state index contributed by atoms with van der Waals surface area (Å²) in [7, 11) is 0. The summed E-state index contributed by atoms with van der Waals surface area (Å²) >= 11 is 0. The Morgan fingerprint density at radius 2 is 1.52 bits per heavy atom. The highest BCUT2D eigenvalue weighted by atomic mass is 16.2. The van der Waals surface area contributed by atoms with E-state index in [0.29, 0.717) is 44.7 Å². The van der Waals surface area contributed by atoms with Crippen LogP contribution in [0.1, 0.15) is 47.3 Å². The minimum absolute atomic E-state index is 0.00210. The Bertz CT molecular complexity index is 1030. The zero-order chi connectivity index (χ0) is 23.5. The normalized spacial score (nSPS) is 19.1. The molecule has 1 saturated heterocycles. The number of rotatable bonds is 4. The molecule has 1 fully saturated rings. The molecule has 33 heavy (non-hydrogen) atoms. The molecule has 2 unspecified atom stereocenters. The van der Waals surface area contributed by atoms with Gasteiger partial charge in [-0.1, -0.05) is 55.8 Å². The number of hydrogen-bond acceptors (Lipinski definition) is 3. The van der Waals surface area contributed by atoms with Crippen LogP contribution in [0.3, 0.4) is 0 Å². The molecule has 2 aromatic carbocycles. The van der Waals surface area contributed by atoms with Crippen LogP contribution in [-0.4, -0.2) is 64.6 Å². The summed E-state index contributed by atoms with van der Waals surface area (Å²) in [6.07, 6.45) is 1.29. The molecule has 2 aliphatic rings. The molecule has 6 nitrogen and oxygen atoms in total. The third-order valence-corrected chi connectivity index (χ3v) is 7.03. The van der Waals surface area contributed by atoms with Crippen LogP contribution in [0.15, 0.2) is 48.5 Å². The molecule has 174 valence electrons. The molecule has 4 rings (SSSR count). The lowest BCUT2D eigenvalue weighted by Crippen LogP contribution is -2.58. The number of carbonyl (C=O) groups is 3. The summed E-state index contributed by atoms with van der Waals surface area (Å²) in [6.45, 7) is 8.38. The van der Waals surface area contributed by atoms with Crippen molar-refractivity contribution in [2.24, 2.45) is 5.92 Å². The molecule has 2 aliphatic heterocycles. The van der Waals surface area contributed by atoms with Gasteiger partial charge in [0.25, 0.3) is 5.91 Å². The van der Waals surface area contributed by atoms with Gasteiger partial charge in [-0.25, -0.2) is 0 Å². The largest absolute Gasteiger partial charge is 0.337 e. The fraction of sp³-hybridized carbons (Fsp3) is 0.444. The highest BCUT2D eigenvalue weighted by molar-refractivity contribution is 5.94. The number of nitrogens with zero attached hydrogens (tertiary/aromatic N) is 3. The van der Waals surface area contributed by atoms with E-state index in [-0.39, 0.29) is 23.6 Å². The molecule has 0 saturated carbocycles. The van der Waals surface area contributed by atoms with Crippen molar-refractivity contribution < 1.29 is 14.4 Å². The maximum atomic E-state index is 13.6. The second kappa shape index (κ2) is 9.77. The molecule has 0 spiro atoms. The van der Waals surface area contributed by atoms with E-state index in [0.717, 1.165) is 23.1 Å². The van der Waals surface area contributed by atoms with Gasteiger partial charge in [0.1, 0.15) is 6.04 Å². The van der Waals surface area contributed by atoms with E-state index < -0.39 is 6.04 Å². The van der Waals surface area contributed by atoms with Crippen LogP contribution in [0.25, 0.3) is 0 Å². The summed E-state index contributed by atoms with van der Waals surface area (Å²) in [5.74, 6) is -0.0843. The number of hydrogen-bond donors (Lipinski definition) is 0. The molecular weight excluding hydrogens is 414 g/mol. The molecule has 0 aliphatic carbocycles. The van der Waals surface area contributed by atoms with Crippen molar-refractivity contribution in [3.8, 4) is 0 Å². The van der Waals surface area contributed by atoms with Gasteiger partial charge in [0, 0.05) is 50.6 Å². The molecule has 2 heterocycles. The second-order valence-electron chi connectivity index (χ2n) is 9.25. The Hall–Kier alpha value is -3.15. The van der Waals surface area contributed by atoms with E-state index in [2.05, 4.69) is 6.07 Å². The van der Waals surface area contributed by atoms with E-state index in [4.69, 9.17) is 0 Å². The lowest BCUT2D eigenvalue weighted by atomic mass is 9.91. The molecule has 0 radical (unpaired) electrons. The zero-order valence-corrected chi connectivity index (χ0v) is 19.8. The first-order valence-corrected chi connectivity index (χ1v) is 11.9. The van der Waals surface area contributed by atoms with Crippen molar-refractivity contribution in [3.63, 3.8) is 0 Å². The van der Waals surface area contributed by atoms with Crippen LogP contribution < -0.4 is 0 Å². The first-order chi connectivity index (χ1) is 15.9. The van der Waals surface area contributed by atoms with Gasteiger partial charge in [0.2, 0.25) is 11.8 Å². The van der Waals surface area contributed by atoms with Crippen molar-refractivity contribution in [1.82, 2.24) is 14.7 Å². The Morgan fingerprint density at radius 3 is 2.15 bits per heavy atom. The molecule has 0 aromatic heterocycles. The van der Waals surface area contributed by atoms with Crippen LogP contribution in [0.2, 0.25) is 0 Å². The highest BCUT2D eigenvalue weighted by Crippen LogP contribution is 2.27. The quantitative estimate of drug-likeness (QED) is 0.723. The summed E-state index contributed by atoms with van der Waals surface area (Å²) < 4.78 is 0. The number of piperazine rings is 1. The molecule has 2 atom stereocenters. The zero-order valence-electron chi connectivity index (χ0n) is 19.8. The summed E-state index contributed by atoms with van der Waals surface area (Å²) in [5.41, 5.74) is 4.05. The van der Waals surface area contributed by atoms with Gasteiger partial charge in [-0.15, -0.1) is 0 Å². The molecule has 0 N–H and O–H groups in total. The third kappa shape index (κ3) is 4.80. The molecular formula is C27H33N3O3. The van der Waals surface area contributed by atoms with Gasteiger partial charge >= 0.3 is 0 Å². The Balaban J connectivity index is 1.46. The molecule has 6 heteroatoms. The van der Waals surface area contributed by atoms with Crippen LogP contribution >= 0.6 is 0 Å². The minimum atomic E-state index is -0.485. The van der Waals surface area contributed by atoms with Crippen molar-refractivity contribution in [3.05, 3.63) is 70.8 Å². The number of benzene rings is 2. The van der Waals surface area contributed by atoms with E-state index in [1.165, 1.54) is 0 Å². The summed E-state index contributed by atoms with van der Waals surface area (Å²) in [6, 6.07) is 15.2. The van der Waals surface area contributed by atoms with Gasteiger partial charge in [-0.2, -0.15) is 0 Å². The first-order valence-electron chi connectivity index (χ1n) is 11.9. The highest BCUT2D eigenvalue weighted by Gasteiger charge is 2.38. The fourth-order valence-electron chi connectivity index (χ4n) is 4.65. The van der Waals surface area contributed by atoms with Crippen molar-refractivity contribution in [2.45, 2.75) is 46.2 Å². The monoisotopic (exact) mass is 447 g/mol. The van der Waals surface area contributed by atoms with Crippen molar-refractivity contribution in [2.75, 3.05) is 26.2 Å². The molecule has 0 bridgehead atoms. The fourth-order valence-corrected chi connectivity index (χ4v) is 4.65. The predicted molar refractivity (Wildman–Crippen MR) is 128 cm³/mol. The summed E-state index contributed by atoms with van der Waals surface area (Å²) in [5, 5.41) is 0. The lowest BCUT2D eigenvalue weighted by molar-refractivity contribution is -0.150.